The number of hydrogen-bond donors (Lipinski definition) is 1. The molecule has 1 aromatic carbocycles. The van der Waals surface area contributed by atoms with Gasteiger partial charge in [0.15, 0.2) is 10.8 Å². The van der Waals surface area contributed by atoms with Gasteiger partial charge in [0.2, 0.25) is 5.78 Å². The molecule has 0 radical (unpaired) electrons. The van der Waals surface area contributed by atoms with Crippen LogP contribution in [0, 0.1) is 6.92 Å². The van der Waals surface area contributed by atoms with Crippen LogP contribution in [0.25, 0.3) is 22.5 Å². The lowest BCUT2D eigenvalue weighted by atomic mass is 10.1. The zero-order chi connectivity index (χ0) is 16.7. The number of para-hydroxylation sites is 1. The van der Waals surface area contributed by atoms with Crippen molar-refractivity contribution in [1.29, 1.82) is 0 Å². The second kappa shape index (κ2) is 5.66. The maximum absolute atomic E-state index is 12.8. The van der Waals surface area contributed by atoms with Crippen LogP contribution in [0.2, 0.25) is 0 Å². The number of nitrogens with zero attached hydrogens (tertiary/aromatic N) is 4. The van der Waals surface area contributed by atoms with Gasteiger partial charge < -0.3 is 14.2 Å². The number of aliphatic hydroxyl groups excluding tert-OH is 1. The van der Waals surface area contributed by atoms with Gasteiger partial charge in [0.05, 0.1) is 11.1 Å². The lowest BCUT2D eigenvalue weighted by Gasteiger charge is -1.97. The zero-order valence-electron chi connectivity index (χ0n) is 12.6. The molecule has 0 fully saturated rings. The number of carbonyl (C=O) groups is 1. The van der Waals surface area contributed by atoms with E-state index in [0.717, 1.165) is 10.9 Å². The Morgan fingerprint density at radius 2 is 2.17 bits per heavy atom. The number of aromatic nitrogens is 4. The number of aliphatic hydroxyl groups is 1. The number of benzene rings is 1. The Kier molecular flexibility index (Phi) is 3.47. The van der Waals surface area contributed by atoms with E-state index in [0.29, 0.717) is 28.0 Å². The molecule has 0 saturated heterocycles. The first-order valence-electron chi connectivity index (χ1n) is 7.17. The Bertz CT molecular complexity index is 1050. The molecule has 0 saturated carbocycles. The minimum absolute atomic E-state index is 0.196. The summed E-state index contributed by atoms with van der Waals surface area (Å²) < 4.78 is 6.70. The largest absolute Gasteiger partial charge is 0.376 e. The Labute approximate surface area is 140 Å². The summed E-state index contributed by atoms with van der Waals surface area (Å²) in [7, 11) is 0. The van der Waals surface area contributed by atoms with E-state index in [-0.39, 0.29) is 12.5 Å². The van der Waals surface area contributed by atoms with Crippen LogP contribution in [0.1, 0.15) is 21.2 Å². The van der Waals surface area contributed by atoms with Crippen molar-refractivity contribution in [2.24, 2.45) is 0 Å². The van der Waals surface area contributed by atoms with Gasteiger partial charge in [0, 0.05) is 17.0 Å². The normalized spacial score (nSPS) is 11.2. The molecule has 0 spiro atoms. The van der Waals surface area contributed by atoms with Crippen molar-refractivity contribution in [2.45, 2.75) is 13.7 Å². The van der Waals surface area contributed by atoms with E-state index in [1.807, 2.05) is 24.3 Å². The first-order chi connectivity index (χ1) is 11.7. The number of carbonyl (C=O) groups excluding carboxylic acids is 1. The van der Waals surface area contributed by atoms with Crippen LogP contribution < -0.4 is 0 Å². The maximum Gasteiger partial charge on any atom is 0.277 e. The molecule has 0 unspecified atom stereocenters. The van der Waals surface area contributed by atoms with E-state index in [4.69, 9.17) is 4.52 Å². The van der Waals surface area contributed by atoms with E-state index in [1.165, 1.54) is 11.3 Å². The quantitative estimate of drug-likeness (QED) is 0.574. The standard InChI is InChI=1S/C16H12N4O3S/c1-9-17-15(23-19-9)12-7-24-16(18-12)14(22)11-6-20(8-21)13-5-3-2-4-10(11)13/h2-7,21H,8H2,1H3. The molecule has 0 bridgehead atoms. The van der Waals surface area contributed by atoms with Crippen molar-refractivity contribution in [1.82, 2.24) is 19.7 Å². The second-order valence-corrected chi connectivity index (χ2v) is 6.04. The summed E-state index contributed by atoms with van der Waals surface area (Å²) in [5, 5.41) is 16.0. The molecule has 0 aliphatic heterocycles. The van der Waals surface area contributed by atoms with Gasteiger partial charge in [-0.05, 0) is 13.0 Å². The van der Waals surface area contributed by atoms with E-state index >= 15 is 0 Å². The van der Waals surface area contributed by atoms with Crippen LogP contribution in [0.5, 0.6) is 0 Å². The highest BCUT2D eigenvalue weighted by Crippen LogP contribution is 2.27. The Morgan fingerprint density at radius 3 is 2.92 bits per heavy atom. The zero-order valence-corrected chi connectivity index (χ0v) is 13.4. The van der Waals surface area contributed by atoms with Crippen molar-refractivity contribution in [3.63, 3.8) is 0 Å². The van der Waals surface area contributed by atoms with E-state index in [2.05, 4.69) is 15.1 Å². The lowest BCUT2D eigenvalue weighted by Crippen LogP contribution is -2.00. The number of thiazole rings is 1. The average molecular weight is 340 g/mol. The molecule has 0 atom stereocenters. The van der Waals surface area contributed by atoms with Crippen molar-refractivity contribution in [3.8, 4) is 11.6 Å². The topological polar surface area (TPSA) is 94.0 Å². The van der Waals surface area contributed by atoms with E-state index in [1.54, 1.807) is 23.1 Å². The molecular formula is C16H12N4O3S. The molecule has 7 nitrogen and oxygen atoms in total. The highest BCUT2D eigenvalue weighted by molar-refractivity contribution is 7.12. The molecule has 4 aromatic rings. The van der Waals surface area contributed by atoms with Gasteiger partial charge in [-0.25, -0.2) is 4.98 Å². The molecule has 120 valence electrons. The molecule has 24 heavy (non-hydrogen) atoms. The predicted octanol–water partition coefficient (Wildman–Crippen LogP) is 2.64. The van der Waals surface area contributed by atoms with Crippen molar-refractivity contribution >= 4 is 28.0 Å². The number of fused-ring (bicyclic) bond motifs is 1. The summed E-state index contributed by atoms with van der Waals surface area (Å²) in [6.07, 6.45) is 1.64. The van der Waals surface area contributed by atoms with Crippen molar-refractivity contribution in [3.05, 3.63) is 52.2 Å². The first kappa shape index (κ1) is 14.7. The highest BCUT2D eigenvalue weighted by atomic mass is 32.1. The fourth-order valence-electron chi connectivity index (χ4n) is 2.54. The van der Waals surface area contributed by atoms with Crippen LogP contribution in [0.3, 0.4) is 0 Å². The fourth-order valence-corrected chi connectivity index (χ4v) is 3.28. The Morgan fingerprint density at radius 1 is 1.33 bits per heavy atom. The van der Waals surface area contributed by atoms with Gasteiger partial charge in [0.25, 0.3) is 5.89 Å². The third kappa shape index (κ3) is 2.32. The summed E-state index contributed by atoms with van der Waals surface area (Å²) in [4.78, 5) is 21.3. The Balaban J connectivity index is 1.76. The predicted molar refractivity (Wildman–Crippen MR) is 87.7 cm³/mol. The minimum Gasteiger partial charge on any atom is -0.376 e. The smallest absolute Gasteiger partial charge is 0.277 e. The van der Waals surface area contributed by atoms with Gasteiger partial charge in [-0.2, -0.15) is 4.98 Å². The maximum atomic E-state index is 12.8. The van der Waals surface area contributed by atoms with Crippen LogP contribution >= 0.6 is 11.3 Å². The fraction of sp³-hybridized carbons (Fsp3) is 0.125. The number of aryl methyl sites for hydroxylation is 1. The van der Waals surface area contributed by atoms with Crippen LogP contribution in [-0.2, 0) is 6.73 Å². The lowest BCUT2D eigenvalue weighted by molar-refractivity contribution is 0.103. The number of rotatable bonds is 4. The van der Waals surface area contributed by atoms with E-state index in [9.17, 15) is 9.90 Å². The summed E-state index contributed by atoms with van der Waals surface area (Å²) in [6.45, 7) is 1.52. The van der Waals surface area contributed by atoms with Crippen LogP contribution in [0.4, 0.5) is 0 Å². The first-order valence-corrected chi connectivity index (χ1v) is 8.05. The third-order valence-corrected chi connectivity index (χ3v) is 4.47. The van der Waals surface area contributed by atoms with Gasteiger partial charge >= 0.3 is 0 Å². The molecule has 0 aliphatic rings. The van der Waals surface area contributed by atoms with Crippen molar-refractivity contribution < 1.29 is 14.4 Å². The molecule has 0 aliphatic carbocycles. The molecule has 4 rings (SSSR count). The highest BCUT2D eigenvalue weighted by Gasteiger charge is 2.21. The van der Waals surface area contributed by atoms with Crippen LogP contribution in [0.15, 0.2) is 40.4 Å². The van der Waals surface area contributed by atoms with Gasteiger partial charge in [-0.15, -0.1) is 11.3 Å². The van der Waals surface area contributed by atoms with Gasteiger partial charge in [0.1, 0.15) is 12.4 Å². The Hall–Kier alpha value is -2.84. The number of hydrogen-bond acceptors (Lipinski definition) is 7. The molecule has 3 heterocycles. The van der Waals surface area contributed by atoms with Crippen LogP contribution in [-0.4, -0.2) is 30.6 Å². The monoisotopic (exact) mass is 340 g/mol. The molecule has 1 N–H and O–H groups in total. The van der Waals surface area contributed by atoms with Gasteiger partial charge in [-0.3, -0.25) is 4.79 Å². The summed E-state index contributed by atoms with van der Waals surface area (Å²) >= 11 is 1.22. The third-order valence-electron chi connectivity index (χ3n) is 3.63. The summed E-state index contributed by atoms with van der Waals surface area (Å²) in [5.74, 6) is 0.600. The summed E-state index contributed by atoms with van der Waals surface area (Å²) in [6, 6.07) is 7.43. The van der Waals surface area contributed by atoms with Crippen molar-refractivity contribution in [2.75, 3.05) is 0 Å². The average Bonchev–Trinajstić information content (AvgIpc) is 3.31. The minimum atomic E-state index is -0.203. The molecule has 8 heteroatoms. The molecular weight excluding hydrogens is 328 g/mol. The van der Waals surface area contributed by atoms with Gasteiger partial charge in [-0.1, -0.05) is 23.4 Å². The second-order valence-electron chi connectivity index (χ2n) is 5.18. The number of ketones is 1. The SMILES string of the molecule is Cc1noc(-c2csc(C(=O)c3cn(CO)c4ccccc34)n2)n1. The summed E-state index contributed by atoms with van der Waals surface area (Å²) in [5.41, 5.74) is 1.78. The molecule has 3 aromatic heterocycles. The molecule has 0 amide bonds. The van der Waals surface area contributed by atoms with E-state index < -0.39 is 0 Å².